The number of nitrogens with zero attached hydrogens (tertiary/aromatic N) is 1. The van der Waals surface area contributed by atoms with E-state index in [1.54, 1.807) is 0 Å². The molecule has 2 fully saturated rings. The van der Waals surface area contributed by atoms with Gasteiger partial charge in [-0.2, -0.15) is 0 Å². The molecule has 0 spiro atoms. The third kappa shape index (κ3) is 4.44. The van der Waals surface area contributed by atoms with Gasteiger partial charge in [-0.25, -0.2) is 0 Å². The molecule has 1 saturated heterocycles. The average Bonchev–Trinajstić information content (AvgIpc) is 2.65. The van der Waals surface area contributed by atoms with E-state index in [9.17, 15) is 0 Å². The highest BCUT2D eigenvalue weighted by atomic mass is 16.5. The summed E-state index contributed by atoms with van der Waals surface area (Å²) in [6.45, 7) is 8.74. The third-order valence-corrected chi connectivity index (χ3v) is 4.73. The van der Waals surface area contributed by atoms with Gasteiger partial charge in [0.15, 0.2) is 0 Å². The molecule has 0 aromatic carbocycles. The Morgan fingerprint density at radius 3 is 2.68 bits per heavy atom. The standard InChI is InChI=1S/C16H32N2O/c1-3-17-15-10-6-5-7-11-16(15)18-12-8-9-14(13-18)19-4-2/h14-17H,3-13H2,1-2H3. The highest BCUT2D eigenvalue weighted by Gasteiger charge is 2.31. The molecule has 19 heavy (non-hydrogen) atoms. The van der Waals surface area contributed by atoms with Crippen molar-refractivity contribution >= 4 is 0 Å². The fourth-order valence-electron chi connectivity index (χ4n) is 3.86. The lowest BCUT2D eigenvalue weighted by molar-refractivity contribution is -0.0137. The Bertz CT molecular complexity index is 245. The molecule has 1 heterocycles. The molecule has 3 nitrogen and oxygen atoms in total. The van der Waals surface area contributed by atoms with Crippen LogP contribution < -0.4 is 5.32 Å². The predicted octanol–water partition coefficient (Wildman–Crippen LogP) is 2.80. The predicted molar refractivity (Wildman–Crippen MR) is 80.6 cm³/mol. The minimum absolute atomic E-state index is 0.476. The number of ether oxygens (including phenoxy) is 1. The van der Waals surface area contributed by atoms with Crippen molar-refractivity contribution < 1.29 is 4.74 Å². The van der Waals surface area contributed by atoms with Crippen molar-refractivity contribution in [3.63, 3.8) is 0 Å². The Morgan fingerprint density at radius 1 is 1.05 bits per heavy atom. The van der Waals surface area contributed by atoms with Crippen LogP contribution in [0.1, 0.15) is 58.8 Å². The second kappa shape index (κ2) is 8.23. The van der Waals surface area contributed by atoms with Crippen LogP contribution in [0.5, 0.6) is 0 Å². The van der Waals surface area contributed by atoms with E-state index < -0.39 is 0 Å². The molecule has 112 valence electrons. The van der Waals surface area contributed by atoms with E-state index in [0.29, 0.717) is 12.1 Å². The van der Waals surface area contributed by atoms with Crippen molar-refractivity contribution in [3.05, 3.63) is 0 Å². The molecule has 1 aliphatic heterocycles. The van der Waals surface area contributed by atoms with Gasteiger partial charge in [-0.1, -0.05) is 26.2 Å². The first-order chi connectivity index (χ1) is 9.35. The summed E-state index contributed by atoms with van der Waals surface area (Å²) in [6, 6.07) is 1.44. The lowest BCUT2D eigenvalue weighted by Crippen LogP contribution is -2.53. The molecule has 1 N–H and O–H groups in total. The van der Waals surface area contributed by atoms with Crippen LogP contribution in [0.25, 0.3) is 0 Å². The number of likely N-dealkylation sites (tertiary alicyclic amines) is 1. The summed E-state index contributed by atoms with van der Waals surface area (Å²) in [5, 5.41) is 3.74. The van der Waals surface area contributed by atoms with Gasteiger partial charge in [0.1, 0.15) is 0 Å². The molecule has 0 bridgehead atoms. The summed E-state index contributed by atoms with van der Waals surface area (Å²) < 4.78 is 5.87. The average molecular weight is 268 g/mol. The minimum atomic E-state index is 0.476. The van der Waals surface area contributed by atoms with Gasteiger partial charge in [-0.15, -0.1) is 0 Å². The van der Waals surface area contributed by atoms with Gasteiger partial charge < -0.3 is 10.1 Å². The number of hydrogen-bond acceptors (Lipinski definition) is 3. The molecule has 3 unspecified atom stereocenters. The smallest absolute Gasteiger partial charge is 0.0702 e. The summed E-state index contributed by atoms with van der Waals surface area (Å²) in [5.74, 6) is 0. The van der Waals surface area contributed by atoms with Crippen molar-refractivity contribution in [2.24, 2.45) is 0 Å². The van der Waals surface area contributed by atoms with Gasteiger partial charge in [0.25, 0.3) is 0 Å². The summed E-state index contributed by atoms with van der Waals surface area (Å²) >= 11 is 0. The zero-order valence-corrected chi connectivity index (χ0v) is 12.9. The quantitative estimate of drug-likeness (QED) is 0.776. The van der Waals surface area contributed by atoms with Crippen molar-refractivity contribution in [2.75, 3.05) is 26.2 Å². The number of nitrogens with one attached hydrogen (secondary N) is 1. The van der Waals surface area contributed by atoms with Gasteiger partial charge in [-0.05, 0) is 45.7 Å². The highest BCUT2D eigenvalue weighted by molar-refractivity contribution is 4.89. The molecular formula is C16H32N2O. The molecule has 0 amide bonds. The zero-order chi connectivity index (χ0) is 13.5. The molecular weight excluding hydrogens is 236 g/mol. The molecule has 0 aromatic heterocycles. The number of likely N-dealkylation sites (N-methyl/N-ethyl adjacent to an activating group) is 1. The normalized spacial score (nSPS) is 34.1. The Morgan fingerprint density at radius 2 is 1.89 bits per heavy atom. The lowest BCUT2D eigenvalue weighted by atomic mass is 9.97. The van der Waals surface area contributed by atoms with Crippen LogP contribution in [0.2, 0.25) is 0 Å². The molecule has 0 aromatic rings. The van der Waals surface area contributed by atoms with E-state index in [2.05, 4.69) is 24.1 Å². The second-order valence-corrected chi connectivity index (χ2v) is 6.08. The number of rotatable bonds is 5. The van der Waals surface area contributed by atoms with Crippen LogP contribution in [0, 0.1) is 0 Å². The van der Waals surface area contributed by atoms with E-state index in [-0.39, 0.29) is 0 Å². The van der Waals surface area contributed by atoms with E-state index in [1.165, 1.54) is 51.5 Å². The minimum Gasteiger partial charge on any atom is -0.377 e. The molecule has 1 aliphatic carbocycles. The summed E-state index contributed by atoms with van der Waals surface area (Å²) in [5.41, 5.74) is 0. The van der Waals surface area contributed by atoms with Crippen molar-refractivity contribution in [1.29, 1.82) is 0 Å². The number of hydrogen-bond donors (Lipinski definition) is 1. The van der Waals surface area contributed by atoms with Crippen LogP contribution >= 0.6 is 0 Å². The first-order valence-electron chi connectivity index (χ1n) is 8.44. The van der Waals surface area contributed by atoms with Crippen molar-refractivity contribution in [3.8, 4) is 0 Å². The second-order valence-electron chi connectivity index (χ2n) is 6.08. The van der Waals surface area contributed by atoms with Crippen molar-refractivity contribution in [1.82, 2.24) is 10.2 Å². The van der Waals surface area contributed by atoms with Gasteiger partial charge in [0.05, 0.1) is 6.10 Å². The fourth-order valence-corrected chi connectivity index (χ4v) is 3.86. The molecule has 2 aliphatic rings. The maximum atomic E-state index is 5.87. The SMILES string of the molecule is CCNC1CCCCCC1N1CCCC(OCC)C1. The van der Waals surface area contributed by atoms with E-state index in [0.717, 1.165) is 25.7 Å². The topological polar surface area (TPSA) is 24.5 Å². The largest absolute Gasteiger partial charge is 0.377 e. The van der Waals surface area contributed by atoms with Crippen LogP contribution in [-0.4, -0.2) is 49.3 Å². The fraction of sp³-hybridized carbons (Fsp3) is 1.00. The molecule has 1 saturated carbocycles. The van der Waals surface area contributed by atoms with E-state index in [1.807, 2.05) is 0 Å². The van der Waals surface area contributed by atoms with Crippen molar-refractivity contribution in [2.45, 2.75) is 77.0 Å². The zero-order valence-electron chi connectivity index (χ0n) is 12.9. The van der Waals surface area contributed by atoms with Crippen LogP contribution in [0.15, 0.2) is 0 Å². The summed E-state index contributed by atoms with van der Waals surface area (Å²) in [7, 11) is 0. The van der Waals surface area contributed by atoms with Crippen LogP contribution in [-0.2, 0) is 4.74 Å². The molecule has 3 heteroatoms. The molecule has 2 rings (SSSR count). The first-order valence-corrected chi connectivity index (χ1v) is 8.44. The summed E-state index contributed by atoms with van der Waals surface area (Å²) in [6.07, 6.45) is 9.98. The van der Waals surface area contributed by atoms with Gasteiger partial charge in [0, 0.05) is 25.2 Å². The Kier molecular flexibility index (Phi) is 6.62. The Hall–Kier alpha value is -0.120. The Balaban J connectivity index is 1.95. The highest BCUT2D eigenvalue weighted by Crippen LogP contribution is 2.26. The molecule has 0 radical (unpaired) electrons. The van der Waals surface area contributed by atoms with Crippen LogP contribution in [0.3, 0.4) is 0 Å². The van der Waals surface area contributed by atoms with E-state index >= 15 is 0 Å². The van der Waals surface area contributed by atoms with Gasteiger partial charge >= 0.3 is 0 Å². The maximum absolute atomic E-state index is 5.87. The maximum Gasteiger partial charge on any atom is 0.0702 e. The molecule has 3 atom stereocenters. The van der Waals surface area contributed by atoms with Crippen LogP contribution in [0.4, 0.5) is 0 Å². The number of piperidine rings is 1. The summed E-state index contributed by atoms with van der Waals surface area (Å²) in [4.78, 5) is 2.72. The van der Waals surface area contributed by atoms with Gasteiger partial charge in [-0.3, -0.25) is 4.90 Å². The third-order valence-electron chi connectivity index (χ3n) is 4.73. The monoisotopic (exact) mass is 268 g/mol. The lowest BCUT2D eigenvalue weighted by Gasteiger charge is -2.41. The van der Waals surface area contributed by atoms with E-state index in [4.69, 9.17) is 4.74 Å². The Labute approximate surface area is 119 Å². The first kappa shape index (κ1) is 15.3. The van der Waals surface area contributed by atoms with Gasteiger partial charge in [0.2, 0.25) is 0 Å².